The number of carbonyl (C=O) groups is 1. The van der Waals surface area contributed by atoms with Gasteiger partial charge in [0.1, 0.15) is 22.7 Å². The number of aryl methyl sites for hydroxylation is 1. The number of aliphatic hydroxyl groups is 2. The molecule has 0 saturated heterocycles. The quantitative estimate of drug-likeness (QED) is 0.542. The van der Waals surface area contributed by atoms with Gasteiger partial charge >= 0.3 is 0 Å². The van der Waals surface area contributed by atoms with Gasteiger partial charge in [-0.15, -0.1) is 0 Å². The molecule has 3 saturated carbocycles. The summed E-state index contributed by atoms with van der Waals surface area (Å²) in [5, 5.41) is 23.7. The maximum atomic E-state index is 13.4. The third-order valence-corrected chi connectivity index (χ3v) is 7.71. The Labute approximate surface area is 205 Å². The van der Waals surface area contributed by atoms with Crippen LogP contribution in [0.1, 0.15) is 60.6 Å². The Balaban J connectivity index is 1.26. The van der Waals surface area contributed by atoms with Gasteiger partial charge in [-0.05, 0) is 55.7 Å². The van der Waals surface area contributed by atoms with E-state index in [0.29, 0.717) is 42.8 Å². The van der Waals surface area contributed by atoms with E-state index in [2.05, 4.69) is 22.1 Å². The molecule has 0 aliphatic heterocycles. The van der Waals surface area contributed by atoms with E-state index in [-0.39, 0.29) is 28.7 Å². The molecular formula is C25H25ClF3N3O3. The van der Waals surface area contributed by atoms with Gasteiger partial charge in [-0.1, -0.05) is 23.4 Å². The first-order valence-corrected chi connectivity index (χ1v) is 11.9. The maximum Gasteiger partial charge on any atom is 0.274 e. The topological polar surface area (TPSA) is 87.4 Å². The van der Waals surface area contributed by atoms with Crippen LogP contribution in [0.4, 0.5) is 18.9 Å². The molecule has 186 valence electrons. The summed E-state index contributed by atoms with van der Waals surface area (Å²) in [6.45, 7) is 0. The van der Waals surface area contributed by atoms with Gasteiger partial charge in [0.25, 0.3) is 11.8 Å². The van der Waals surface area contributed by atoms with Gasteiger partial charge in [0.15, 0.2) is 0 Å². The number of imidazole rings is 1. The fourth-order valence-corrected chi connectivity index (χ4v) is 6.08. The van der Waals surface area contributed by atoms with Crippen LogP contribution in [0.15, 0.2) is 24.5 Å². The molecule has 3 N–H and O–H groups in total. The lowest BCUT2D eigenvalue weighted by Crippen LogP contribution is -2.51. The van der Waals surface area contributed by atoms with E-state index in [1.54, 1.807) is 17.9 Å². The lowest BCUT2D eigenvalue weighted by atomic mass is 9.76. The van der Waals surface area contributed by atoms with Gasteiger partial charge in [0.2, 0.25) is 0 Å². The molecule has 10 heteroatoms. The normalized spacial score (nSPS) is 30.2. The van der Waals surface area contributed by atoms with Crippen molar-refractivity contribution in [1.29, 1.82) is 0 Å². The predicted octanol–water partition coefficient (Wildman–Crippen LogP) is 4.26. The van der Waals surface area contributed by atoms with Gasteiger partial charge in [0, 0.05) is 18.7 Å². The summed E-state index contributed by atoms with van der Waals surface area (Å²) in [6.07, 6.45) is 2.35. The highest BCUT2D eigenvalue weighted by molar-refractivity contribution is 6.31. The lowest BCUT2D eigenvalue weighted by Gasteiger charge is -2.39. The largest absolute Gasteiger partial charge is 0.378 e. The zero-order valence-corrected chi connectivity index (χ0v) is 19.7. The van der Waals surface area contributed by atoms with Crippen molar-refractivity contribution in [2.24, 2.45) is 18.9 Å². The smallest absolute Gasteiger partial charge is 0.274 e. The van der Waals surface area contributed by atoms with Crippen molar-refractivity contribution in [3.63, 3.8) is 0 Å². The number of benzene rings is 1. The fourth-order valence-electron chi connectivity index (χ4n) is 5.90. The minimum Gasteiger partial charge on any atom is -0.378 e. The number of anilines is 1. The number of nitrogens with one attached hydrogen (secondary N) is 1. The van der Waals surface area contributed by atoms with E-state index in [0.717, 1.165) is 0 Å². The van der Waals surface area contributed by atoms with Crippen molar-refractivity contribution in [2.45, 2.75) is 61.6 Å². The highest BCUT2D eigenvalue weighted by atomic mass is 35.5. The summed E-state index contributed by atoms with van der Waals surface area (Å²) in [5.41, 5.74) is -1.62. The predicted molar refractivity (Wildman–Crippen MR) is 123 cm³/mol. The summed E-state index contributed by atoms with van der Waals surface area (Å²) in [4.78, 5) is 17.5. The number of halogens is 4. The minimum absolute atomic E-state index is 0.00997. The minimum atomic E-state index is -2.90. The number of carbonyl (C=O) groups excluding carboxylic acids is 1. The van der Waals surface area contributed by atoms with Gasteiger partial charge in [-0.25, -0.2) is 18.2 Å². The number of fused-ring (bicyclic) bond motifs is 1. The number of hydrogen-bond donors (Lipinski definition) is 3. The van der Waals surface area contributed by atoms with Gasteiger partial charge in [-0.2, -0.15) is 0 Å². The van der Waals surface area contributed by atoms with Crippen LogP contribution in [0.5, 0.6) is 0 Å². The second-order valence-electron chi connectivity index (χ2n) is 10.3. The molecule has 0 bridgehead atoms. The number of alkyl halides is 2. The van der Waals surface area contributed by atoms with E-state index < -0.39 is 35.8 Å². The lowest BCUT2D eigenvalue weighted by molar-refractivity contribution is -0.176. The SMILES string of the molecule is Cn1cnc(C2CC3CC(O)(C#CC4(O)CC(F)(F)C4)CC3C2)c1C(=O)Nc1ccc(F)c(Cl)c1. The Bertz CT molecular complexity index is 1230. The second kappa shape index (κ2) is 8.26. The molecule has 2 atom stereocenters. The fraction of sp³-hybridized carbons (Fsp3) is 0.520. The molecule has 3 fully saturated rings. The third kappa shape index (κ3) is 4.67. The van der Waals surface area contributed by atoms with Crippen molar-refractivity contribution in [2.75, 3.05) is 5.32 Å². The molecule has 3 aliphatic carbocycles. The molecule has 1 amide bonds. The van der Waals surface area contributed by atoms with Crippen molar-refractivity contribution >= 4 is 23.2 Å². The Morgan fingerprint density at radius 3 is 2.40 bits per heavy atom. The van der Waals surface area contributed by atoms with Crippen LogP contribution in [0.3, 0.4) is 0 Å². The monoisotopic (exact) mass is 507 g/mol. The highest BCUT2D eigenvalue weighted by Gasteiger charge is 2.56. The average molecular weight is 508 g/mol. The first kappa shape index (κ1) is 24.2. The van der Waals surface area contributed by atoms with E-state index in [9.17, 15) is 28.2 Å². The van der Waals surface area contributed by atoms with Crippen LogP contribution in [-0.4, -0.2) is 42.8 Å². The molecule has 3 aliphatic rings. The zero-order valence-electron chi connectivity index (χ0n) is 19.0. The average Bonchev–Trinajstić information content (AvgIpc) is 3.39. The zero-order chi connectivity index (χ0) is 25.2. The molecule has 0 spiro atoms. The molecule has 35 heavy (non-hydrogen) atoms. The molecule has 1 aromatic carbocycles. The third-order valence-electron chi connectivity index (χ3n) is 7.42. The molecule has 1 aromatic heterocycles. The van der Waals surface area contributed by atoms with E-state index in [1.165, 1.54) is 18.2 Å². The molecular weight excluding hydrogens is 483 g/mol. The standard InChI is InChI=1S/C25H25ClF3N3O3/c1-32-13-30-20(21(32)22(33)31-17-2-3-19(27)18(26)8-17)14-6-15-9-23(34,10-16(15)7-14)4-5-24(35)11-25(28,29)12-24/h2-3,8,13-16,34-35H,6-7,9-12H2,1H3,(H,31,33). The summed E-state index contributed by atoms with van der Waals surface area (Å²) in [6, 6.07) is 3.95. The van der Waals surface area contributed by atoms with Crippen LogP contribution in [0, 0.1) is 29.5 Å². The number of nitrogens with zero attached hydrogens (tertiary/aromatic N) is 2. The summed E-state index contributed by atoms with van der Waals surface area (Å²) in [5.74, 6) is 1.63. The van der Waals surface area contributed by atoms with Crippen molar-refractivity contribution in [3.8, 4) is 11.8 Å². The molecule has 5 rings (SSSR count). The second-order valence-corrected chi connectivity index (χ2v) is 10.7. The summed E-state index contributed by atoms with van der Waals surface area (Å²) in [7, 11) is 1.72. The van der Waals surface area contributed by atoms with Crippen molar-refractivity contribution in [3.05, 3.63) is 46.8 Å². The highest BCUT2D eigenvalue weighted by Crippen LogP contribution is 2.54. The molecule has 2 unspecified atom stereocenters. The first-order chi connectivity index (χ1) is 16.4. The Morgan fingerprint density at radius 2 is 1.80 bits per heavy atom. The van der Waals surface area contributed by atoms with Crippen LogP contribution in [0.25, 0.3) is 0 Å². The van der Waals surface area contributed by atoms with E-state index in [1.807, 2.05) is 0 Å². The van der Waals surface area contributed by atoms with Crippen molar-refractivity contribution in [1.82, 2.24) is 9.55 Å². The van der Waals surface area contributed by atoms with E-state index >= 15 is 0 Å². The number of hydrogen-bond acceptors (Lipinski definition) is 4. The van der Waals surface area contributed by atoms with Crippen LogP contribution in [-0.2, 0) is 7.05 Å². The number of amides is 1. The Hall–Kier alpha value is -2.54. The van der Waals surface area contributed by atoms with Crippen LogP contribution in [0.2, 0.25) is 5.02 Å². The Kier molecular flexibility index (Phi) is 5.70. The van der Waals surface area contributed by atoms with Gasteiger partial charge in [0.05, 0.1) is 29.9 Å². The van der Waals surface area contributed by atoms with Crippen LogP contribution >= 0.6 is 11.6 Å². The summed E-state index contributed by atoms with van der Waals surface area (Å²) < 4.78 is 41.3. The van der Waals surface area contributed by atoms with Gasteiger partial charge in [-0.3, -0.25) is 4.79 Å². The number of rotatable bonds is 3. The molecule has 6 nitrogen and oxygen atoms in total. The molecule has 1 heterocycles. The molecule has 0 radical (unpaired) electrons. The van der Waals surface area contributed by atoms with Crippen molar-refractivity contribution < 1.29 is 28.2 Å². The Morgan fingerprint density at radius 1 is 1.17 bits per heavy atom. The van der Waals surface area contributed by atoms with Gasteiger partial charge < -0.3 is 20.1 Å². The molecule has 2 aromatic rings. The van der Waals surface area contributed by atoms with E-state index in [4.69, 9.17) is 11.6 Å². The maximum absolute atomic E-state index is 13.4. The van der Waals surface area contributed by atoms with Crippen LogP contribution < -0.4 is 5.32 Å². The first-order valence-electron chi connectivity index (χ1n) is 11.5. The number of aromatic nitrogens is 2. The summed E-state index contributed by atoms with van der Waals surface area (Å²) >= 11 is 5.82.